The maximum absolute atomic E-state index is 5.25. The summed E-state index contributed by atoms with van der Waals surface area (Å²) in [6.07, 6.45) is 5.28. The normalized spacial score (nSPS) is 11.0. The average molecular weight is 393 g/mol. The third-order valence-corrected chi connectivity index (χ3v) is 5.05. The lowest BCUT2D eigenvalue weighted by molar-refractivity contribution is 0.185. The van der Waals surface area contributed by atoms with Crippen LogP contribution < -0.4 is 0 Å². The van der Waals surface area contributed by atoms with E-state index in [9.17, 15) is 0 Å². The van der Waals surface area contributed by atoms with E-state index >= 15 is 0 Å². The summed E-state index contributed by atoms with van der Waals surface area (Å²) in [7, 11) is 1.69. The van der Waals surface area contributed by atoms with Crippen molar-refractivity contribution in [2.45, 2.75) is 17.5 Å². The summed E-state index contributed by atoms with van der Waals surface area (Å²) in [4.78, 5) is 5.70. The maximum atomic E-state index is 5.25. The molecule has 3 aromatic heterocycles. The van der Waals surface area contributed by atoms with Crippen LogP contribution in [0.3, 0.4) is 0 Å². The lowest BCUT2D eigenvalue weighted by Gasteiger charge is -2.09. The van der Waals surface area contributed by atoms with Crippen LogP contribution in [0.25, 0.3) is 17.1 Å². The van der Waals surface area contributed by atoms with Gasteiger partial charge < -0.3 is 4.74 Å². The van der Waals surface area contributed by atoms with Crippen molar-refractivity contribution in [3.63, 3.8) is 0 Å². The number of aromatic nitrogens is 7. The van der Waals surface area contributed by atoms with Crippen LogP contribution in [-0.2, 0) is 17.0 Å². The maximum Gasteiger partial charge on any atom is 0.191 e. The Morgan fingerprint density at radius 1 is 1.04 bits per heavy atom. The minimum atomic E-state index is 0.577. The molecule has 4 aromatic rings. The number of pyridine rings is 1. The molecule has 0 radical (unpaired) electrons. The number of rotatable bonds is 8. The number of hydrogen-bond donors (Lipinski definition) is 0. The smallest absolute Gasteiger partial charge is 0.191 e. The van der Waals surface area contributed by atoms with Crippen molar-refractivity contribution in [1.82, 2.24) is 34.7 Å². The van der Waals surface area contributed by atoms with Gasteiger partial charge in [0.15, 0.2) is 11.0 Å². The fourth-order valence-electron chi connectivity index (χ4n) is 2.68. The van der Waals surface area contributed by atoms with Crippen LogP contribution in [-0.4, -0.2) is 48.5 Å². The molecule has 0 aliphatic heterocycles. The molecule has 9 heteroatoms. The second-order valence-corrected chi connectivity index (χ2v) is 6.88. The van der Waals surface area contributed by atoms with E-state index in [4.69, 9.17) is 4.74 Å². The van der Waals surface area contributed by atoms with E-state index in [2.05, 4.69) is 29.9 Å². The lowest BCUT2D eigenvalue weighted by Crippen LogP contribution is -2.07. The molecule has 0 spiro atoms. The van der Waals surface area contributed by atoms with Crippen molar-refractivity contribution < 1.29 is 4.74 Å². The van der Waals surface area contributed by atoms with Crippen LogP contribution >= 0.6 is 11.8 Å². The fraction of sp³-hybridized carbons (Fsp3) is 0.211. The average Bonchev–Trinajstić information content (AvgIpc) is 3.39. The SMILES string of the molecule is COCCn1c(SCc2cnn(-c3ccccc3)n2)nnc1-c1ccncc1. The highest BCUT2D eigenvalue weighted by Gasteiger charge is 2.15. The Morgan fingerprint density at radius 2 is 1.86 bits per heavy atom. The molecule has 0 unspecified atom stereocenters. The van der Waals surface area contributed by atoms with Crippen LogP contribution in [0.2, 0.25) is 0 Å². The van der Waals surface area contributed by atoms with Gasteiger partial charge in [-0.05, 0) is 24.3 Å². The number of benzene rings is 1. The molecule has 0 saturated carbocycles. The summed E-state index contributed by atoms with van der Waals surface area (Å²) in [6.45, 7) is 1.24. The van der Waals surface area contributed by atoms with Crippen LogP contribution in [0.4, 0.5) is 0 Å². The summed E-state index contributed by atoms with van der Waals surface area (Å²) in [6, 6.07) is 13.7. The standard InChI is InChI=1S/C19H19N7OS/c1-27-12-11-25-18(15-7-9-20-10-8-15)22-23-19(25)28-14-16-13-21-26(24-16)17-5-3-2-4-6-17/h2-10,13H,11-12,14H2,1H3. The number of methoxy groups -OCH3 is 1. The highest BCUT2D eigenvalue weighted by Crippen LogP contribution is 2.25. The van der Waals surface area contributed by atoms with Crippen molar-refractivity contribution in [3.05, 3.63) is 66.7 Å². The van der Waals surface area contributed by atoms with Gasteiger partial charge >= 0.3 is 0 Å². The first-order valence-electron chi connectivity index (χ1n) is 8.77. The second kappa shape index (κ2) is 8.77. The Hall–Kier alpha value is -3.04. The van der Waals surface area contributed by atoms with Crippen LogP contribution in [0, 0.1) is 0 Å². The molecule has 0 bridgehead atoms. The summed E-state index contributed by atoms with van der Waals surface area (Å²) in [5.74, 6) is 1.45. The van der Waals surface area contributed by atoms with E-state index in [0.29, 0.717) is 18.9 Å². The van der Waals surface area contributed by atoms with Gasteiger partial charge in [-0.25, -0.2) is 0 Å². The molecule has 0 fully saturated rings. The van der Waals surface area contributed by atoms with E-state index < -0.39 is 0 Å². The van der Waals surface area contributed by atoms with Gasteiger partial charge in [0.2, 0.25) is 0 Å². The Labute approximate surface area is 166 Å². The molecule has 4 rings (SSSR count). The fourth-order valence-corrected chi connectivity index (χ4v) is 3.52. The molecule has 0 saturated heterocycles. The molecule has 0 aliphatic rings. The second-order valence-electron chi connectivity index (χ2n) is 5.94. The lowest BCUT2D eigenvalue weighted by atomic mass is 10.2. The number of ether oxygens (including phenoxy) is 1. The van der Waals surface area contributed by atoms with E-state index in [1.54, 1.807) is 42.3 Å². The molecule has 0 amide bonds. The first-order valence-corrected chi connectivity index (χ1v) is 9.75. The topological polar surface area (TPSA) is 83.5 Å². The van der Waals surface area contributed by atoms with Gasteiger partial charge in [0, 0.05) is 30.8 Å². The highest BCUT2D eigenvalue weighted by atomic mass is 32.2. The first-order chi connectivity index (χ1) is 13.8. The number of para-hydroxylation sites is 1. The summed E-state index contributed by atoms with van der Waals surface area (Å²) < 4.78 is 7.31. The number of thioether (sulfide) groups is 1. The van der Waals surface area contributed by atoms with Gasteiger partial charge in [-0.15, -0.1) is 10.2 Å². The molecular weight excluding hydrogens is 374 g/mol. The van der Waals surface area contributed by atoms with Crippen molar-refractivity contribution in [2.75, 3.05) is 13.7 Å². The molecule has 0 N–H and O–H groups in total. The number of hydrogen-bond acceptors (Lipinski definition) is 7. The Bertz CT molecular complexity index is 1020. The quantitative estimate of drug-likeness (QED) is 0.426. The van der Waals surface area contributed by atoms with E-state index in [1.807, 2.05) is 42.5 Å². The molecule has 28 heavy (non-hydrogen) atoms. The summed E-state index contributed by atoms with van der Waals surface area (Å²) in [5, 5.41) is 18.5. The van der Waals surface area contributed by atoms with Gasteiger partial charge in [0.05, 0.1) is 30.7 Å². The predicted molar refractivity (Wildman–Crippen MR) is 106 cm³/mol. The van der Waals surface area contributed by atoms with Gasteiger partial charge in [0.1, 0.15) is 0 Å². The molecule has 3 heterocycles. The van der Waals surface area contributed by atoms with E-state index in [1.165, 1.54) is 0 Å². The summed E-state index contributed by atoms with van der Waals surface area (Å²) >= 11 is 1.58. The Morgan fingerprint density at radius 3 is 2.64 bits per heavy atom. The monoisotopic (exact) mass is 393 g/mol. The van der Waals surface area contributed by atoms with Crippen LogP contribution in [0.5, 0.6) is 0 Å². The van der Waals surface area contributed by atoms with Gasteiger partial charge in [-0.2, -0.15) is 15.0 Å². The van der Waals surface area contributed by atoms with E-state index in [0.717, 1.165) is 27.9 Å². The zero-order valence-corrected chi connectivity index (χ0v) is 16.2. The van der Waals surface area contributed by atoms with Crippen LogP contribution in [0.1, 0.15) is 5.69 Å². The predicted octanol–water partition coefficient (Wildman–Crippen LogP) is 2.86. The summed E-state index contributed by atoms with van der Waals surface area (Å²) in [5.41, 5.74) is 2.78. The Balaban J connectivity index is 1.52. The zero-order valence-electron chi connectivity index (χ0n) is 15.3. The van der Waals surface area contributed by atoms with Crippen LogP contribution in [0.15, 0.2) is 66.2 Å². The van der Waals surface area contributed by atoms with Crippen molar-refractivity contribution >= 4 is 11.8 Å². The minimum absolute atomic E-state index is 0.577. The highest BCUT2D eigenvalue weighted by molar-refractivity contribution is 7.98. The van der Waals surface area contributed by atoms with Gasteiger partial charge in [-0.1, -0.05) is 30.0 Å². The van der Waals surface area contributed by atoms with Crippen molar-refractivity contribution in [1.29, 1.82) is 0 Å². The van der Waals surface area contributed by atoms with Gasteiger partial charge in [-0.3, -0.25) is 9.55 Å². The zero-order chi connectivity index (χ0) is 19.2. The Kier molecular flexibility index (Phi) is 5.74. The largest absolute Gasteiger partial charge is 0.383 e. The van der Waals surface area contributed by atoms with Crippen molar-refractivity contribution in [2.24, 2.45) is 0 Å². The molecule has 0 aliphatic carbocycles. The molecule has 142 valence electrons. The first kappa shape index (κ1) is 18.3. The molecular formula is C19H19N7OS. The van der Waals surface area contributed by atoms with E-state index in [-0.39, 0.29) is 0 Å². The number of nitrogens with zero attached hydrogens (tertiary/aromatic N) is 7. The molecule has 8 nitrogen and oxygen atoms in total. The minimum Gasteiger partial charge on any atom is -0.383 e. The molecule has 0 atom stereocenters. The molecule has 1 aromatic carbocycles. The third kappa shape index (κ3) is 4.10. The van der Waals surface area contributed by atoms with Gasteiger partial charge in [0.25, 0.3) is 0 Å². The van der Waals surface area contributed by atoms with Crippen molar-refractivity contribution in [3.8, 4) is 17.1 Å². The third-order valence-electron chi connectivity index (χ3n) is 4.05.